The fourth-order valence-electron chi connectivity index (χ4n) is 3.31. The standard InChI is InChI=1S/C20H26FNO6S/c1-7-14-15(12-8-10-13(21)11-9-12)20(17(23)26-5,18(24)27-6)28-16(14)22-29(25)19(2,3)4/h8-11,14-15H,7H2,1-6H3/b22-16-/t14-,15-,29?/m1/s1. The number of carbonyl (C=O) groups is 2. The molecule has 0 spiro atoms. The van der Waals surface area contributed by atoms with Crippen molar-refractivity contribution in [3.8, 4) is 0 Å². The van der Waals surface area contributed by atoms with Gasteiger partial charge in [-0.15, -0.1) is 0 Å². The maximum absolute atomic E-state index is 13.5. The minimum Gasteiger partial charge on any atom is -0.466 e. The zero-order valence-electron chi connectivity index (χ0n) is 17.4. The van der Waals surface area contributed by atoms with Gasteiger partial charge in [-0.25, -0.2) is 18.2 Å². The highest BCUT2D eigenvalue weighted by molar-refractivity contribution is 7.85. The molecular weight excluding hydrogens is 401 g/mol. The van der Waals surface area contributed by atoms with E-state index >= 15 is 0 Å². The maximum Gasteiger partial charge on any atom is 0.362 e. The van der Waals surface area contributed by atoms with E-state index in [1.807, 2.05) is 6.92 Å². The number of methoxy groups -OCH3 is 2. The van der Waals surface area contributed by atoms with Crippen LogP contribution in [0.4, 0.5) is 4.39 Å². The second-order valence-corrected chi connectivity index (χ2v) is 9.56. The SMILES string of the molecule is CC[C@H]1/C(=N/S(=O)C(C)(C)C)OC(C(=O)OC)(C(=O)OC)[C@@H]1c1ccc(F)cc1. The lowest BCUT2D eigenvalue weighted by Gasteiger charge is -2.29. The van der Waals surface area contributed by atoms with Crippen molar-refractivity contribution in [2.24, 2.45) is 10.3 Å². The van der Waals surface area contributed by atoms with Crippen LogP contribution in [-0.2, 0) is 34.8 Å². The molecule has 3 atom stereocenters. The summed E-state index contributed by atoms with van der Waals surface area (Å²) in [5.41, 5.74) is -1.70. The monoisotopic (exact) mass is 427 g/mol. The number of nitrogens with zero attached hydrogens (tertiary/aromatic N) is 1. The van der Waals surface area contributed by atoms with E-state index < -0.39 is 50.9 Å². The van der Waals surface area contributed by atoms with Crippen molar-refractivity contribution in [3.63, 3.8) is 0 Å². The lowest BCUT2D eigenvalue weighted by molar-refractivity contribution is -0.178. The highest BCUT2D eigenvalue weighted by Gasteiger charge is 2.66. The maximum atomic E-state index is 13.5. The van der Waals surface area contributed by atoms with Crippen LogP contribution in [0.2, 0.25) is 0 Å². The molecule has 160 valence electrons. The van der Waals surface area contributed by atoms with Crippen molar-refractivity contribution >= 4 is 28.8 Å². The van der Waals surface area contributed by atoms with Gasteiger partial charge < -0.3 is 14.2 Å². The first-order valence-corrected chi connectivity index (χ1v) is 10.3. The van der Waals surface area contributed by atoms with E-state index in [1.165, 1.54) is 24.3 Å². The van der Waals surface area contributed by atoms with Crippen molar-refractivity contribution in [3.05, 3.63) is 35.6 Å². The summed E-state index contributed by atoms with van der Waals surface area (Å²) in [5, 5.41) is 0. The predicted molar refractivity (Wildman–Crippen MR) is 106 cm³/mol. The average Bonchev–Trinajstić information content (AvgIpc) is 3.01. The zero-order chi connectivity index (χ0) is 22.0. The van der Waals surface area contributed by atoms with Gasteiger partial charge in [-0.2, -0.15) is 4.40 Å². The lowest BCUT2D eigenvalue weighted by atomic mass is 9.75. The molecule has 1 fully saturated rings. The summed E-state index contributed by atoms with van der Waals surface area (Å²) in [7, 11) is 0.564. The summed E-state index contributed by atoms with van der Waals surface area (Å²) in [6.07, 6.45) is 0.415. The summed E-state index contributed by atoms with van der Waals surface area (Å²) in [5.74, 6) is -3.88. The van der Waals surface area contributed by atoms with Gasteiger partial charge in [0, 0.05) is 5.92 Å². The predicted octanol–water partition coefficient (Wildman–Crippen LogP) is 2.91. The van der Waals surface area contributed by atoms with Crippen LogP contribution in [0, 0.1) is 11.7 Å². The average molecular weight is 427 g/mol. The fourth-order valence-corrected chi connectivity index (χ4v) is 3.92. The number of esters is 2. The Hall–Kier alpha value is -2.29. The Balaban J connectivity index is 2.75. The molecule has 0 aliphatic carbocycles. The molecule has 1 heterocycles. The van der Waals surface area contributed by atoms with Crippen molar-refractivity contribution in [2.45, 2.75) is 50.4 Å². The van der Waals surface area contributed by atoms with Gasteiger partial charge in [0.1, 0.15) is 16.8 Å². The van der Waals surface area contributed by atoms with E-state index in [0.717, 1.165) is 14.2 Å². The van der Waals surface area contributed by atoms with Gasteiger partial charge >= 0.3 is 17.5 Å². The number of rotatable bonds is 5. The summed E-state index contributed by atoms with van der Waals surface area (Å²) in [4.78, 5) is 25.6. The highest BCUT2D eigenvalue weighted by atomic mass is 32.2. The van der Waals surface area contributed by atoms with Crippen LogP contribution in [0.3, 0.4) is 0 Å². The summed E-state index contributed by atoms with van der Waals surface area (Å²) >= 11 is 0. The largest absolute Gasteiger partial charge is 0.466 e. The van der Waals surface area contributed by atoms with E-state index in [1.54, 1.807) is 20.8 Å². The van der Waals surface area contributed by atoms with Crippen molar-refractivity contribution in [2.75, 3.05) is 14.2 Å². The molecule has 1 aliphatic heterocycles. The molecule has 2 rings (SSSR count). The Labute approximate surface area is 172 Å². The molecule has 0 radical (unpaired) electrons. The molecule has 1 unspecified atom stereocenters. The van der Waals surface area contributed by atoms with Crippen LogP contribution in [-0.4, -0.2) is 46.6 Å². The highest BCUT2D eigenvalue weighted by Crippen LogP contribution is 2.48. The summed E-state index contributed by atoms with van der Waals surface area (Å²) < 4.78 is 45.2. The molecule has 7 nitrogen and oxygen atoms in total. The summed E-state index contributed by atoms with van der Waals surface area (Å²) in [6, 6.07) is 5.39. The Morgan fingerprint density at radius 3 is 2.10 bits per heavy atom. The number of ether oxygens (including phenoxy) is 3. The molecular formula is C20H26FNO6S. The Kier molecular flexibility index (Phi) is 6.82. The van der Waals surface area contributed by atoms with Crippen molar-refractivity contribution in [1.29, 1.82) is 0 Å². The molecule has 0 bridgehead atoms. The van der Waals surface area contributed by atoms with Gasteiger partial charge in [0.2, 0.25) is 5.90 Å². The van der Waals surface area contributed by atoms with Gasteiger partial charge in [0.15, 0.2) is 0 Å². The molecule has 0 N–H and O–H groups in total. The quantitative estimate of drug-likeness (QED) is 0.530. The summed E-state index contributed by atoms with van der Waals surface area (Å²) in [6.45, 7) is 7.06. The molecule has 1 aliphatic rings. The third-order valence-corrected chi connectivity index (χ3v) is 6.16. The molecule has 1 aromatic carbocycles. The minimum absolute atomic E-state index is 0.00545. The van der Waals surface area contributed by atoms with Crippen LogP contribution in [0.5, 0.6) is 0 Å². The third-order valence-electron chi connectivity index (χ3n) is 4.77. The molecule has 1 aromatic rings. The van der Waals surface area contributed by atoms with Crippen LogP contribution < -0.4 is 0 Å². The Bertz CT molecular complexity index is 814. The Morgan fingerprint density at radius 1 is 1.17 bits per heavy atom. The van der Waals surface area contributed by atoms with E-state index in [9.17, 15) is 18.2 Å². The normalized spacial score (nSPS) is 23.3. The first-order valence-electron chi connectivity index (χ1n) is 9.14. The second-order valence-electron chi connectivity index (χ2n) is 7.66. The first-order chi connectivity index (χ1) is 13.5. The van der Waals surface area contributed by atoms with Gasteiger partial charge in [-0.05, 0) is 44.9 Å². The number of carbonyl (C=O) groups excluding carboxylic acids is 2. The molecule has 1 saturated heterocycles. The van der Waals surface area contributed by atoms with Gasteiger partial charge in [0.25, 0.3) is 0 Å². The van der Waals surface area contributed by atoms with Gasteiger partial charge in [0.05, 0.1) is 24.9 Å². The topological polar surface area (TPSA) is 91.3 Å². The van der Waals surface area contributed by atoms with Gasteiger partial charge in [-0.1, -0.05) is 19.1 Å². The van der Waals surface area contributed by atoms with Crippen LogP contribution in [0.25, 0.3) is 0 Å². The van der Waals surface area contributed by atoms with Crippen molar-refractivity contribution in [1.82, 2.24) is 0 Å². The van der Waals surface area contributed by atoms with E-state index in [2.05, 4.69) is 4.40 Å². The number of halogens is 1. The van der Waals surface area contributed by atoms with Crippen LogP contribution >= 0.6 is 0 Å². The lowest BCUT2D eigenvalue weighted by Crippen LogP contribution is -2.52. The van der Waals surface area contributed by atoms with Crippen LogP contribution in [0.15, 0.2) is 28.7 Å². The minimum atomic E-state index is -2.18. The van der Waals surface area contributed by atoms with Crippen LogP contribution in [0.1, 0.15) is 45.6 Å². The second kappa shape index (κ2) is 8.61. The van der Waals surface area contributed by atoms with E-state index in [4.69, 9.17) is 14.2 Å². The van der Waals surface area contributed by atoms with Gasteiger partial charge in [-0.3, -0.25) is 0 Å². The molecule has 9 heteroatoms. The molecule has 0 saturated carbocycles. The third kappa shape index (κ3) is 4.19. The van der Waals surface area contributed by atoms with E-state index in [0.29, 0.717) is 12.0 Å². The van der Waals surface area contributed by atoms with E-state index in [-0.39, 0.29) is 5.90 Å². The first kappa shape index (κ1) is 23.0. The zero-order valence-corrected chi connectivity index (χ0v) is 18.2. The molecule has 0 amide bonds. The number of hydrogen-bond acceptors (Lipinski definition) is 6. The number of hydrogen-bond donors (Lipinski definition) is 0. The van der Waals surface area contributed by atoms with Crippen molar-refractivity contribution < 1.29 is 32.4 Å². The smallest absolute Gasteiger partial charge is 0.362 e. The number of benzene rings is 1. The fraction of sp³-hybridized carbons (Fsp3) is 0.550. The Morgan fingerprint density at radius 2 is 1.69 bits per heavy atom. The molecule has 29 heavy (non-hydrogen) atoms. The molecule has 0 aromatic heterocycles.